The number of pyridine rings is 2. The Kier molecular flexibility index (Phi) is 7.83. The topological polar surface area (TPSA) is 64.5 Å². The van der Waals surface area contributed by atoms with E-state index in [1.165, 1.54) is 0 Å². The fraction of sp³-hybridized carbons (Fsp3) is 0. The van der Waals surface area contributed by atoms with Crippen LogP contribution in [0.3, 0.4) is 0 Å². The Morgan fingerprint density at radius 2 is 0.521 bits per heavy atom. The van der Waals surface area contributed by atoms with Crippen molar-refractivity contribution in [2.45, 2.75) is 0 Å². The molecule has 0 radical (unpaired) electrons. The first-order valence-electron chi connectivity index (χ1n) is 15.8. The Bertz CT molecular complexity index is 2130. The number of rotatable bonds is 7. The lowest BCUT2D eigenvalue weighted by Gasteiger charge is -2.13. The van der Waals surface area contributed by atoms with Crippen LogP contribution in [0.1, 0.15) is 0 Å². The molecule has 0 amide bonds. The monoisotopic (exact) mass is 615 g/mol. The Hall–Kier alpha value is -6.59. The number of hydrogen-bond donors (Lipinski definition) is 0. The van der Waals surface area contributed by atoms with E-state index in [1.54, 1.807) is 0 Å². The predicted molar refractivity (Wildman–Crippen MR) is 193 cm³/mol. The van der Waals surface area contributed by atoms with Crippen LogP contribution in [0.2, 0.25) is 0 Å². The minimum atomic E-state index is 0.598. The molecule has 3 aromatic heterocycles. The second kappa shape index (κ2) is 13.0. The molecule has 3 heterocycles. The van der Waals surface area contributed by atoms with Gasteiger partial charge in [0.2, 0.25) is 0 Å². The van der Waals surface area contributed by atoms with E-state index in [4.69, 9.17) is 15.0 Å². The highest BCUT2D eigenvalue weighted by molar-refractivity contribution is 5.80. The predicted octanol–water partition coefficient (Wildman–Crippen LogP) is 10.3. The standard InChI is InChI=1S/C43H29N5/c1-3-7-30(8-4-1)32-11-15-36(16-12-32)41-46-42(37-17-13-33(14-18-37)31-9-5-2-6-10-31)48-43(47-41)40-28-38(34-19-23-44-24-20-34)27-39(29-40)35-21-25-45-26-22-35/h1-29H. The molecule has 5 nitrogen and oxygen atoms in total. The minimum absolute atomic E-state index is 0.598. The summed E-state index contributed by atoms with van der Waals surface area (Å²) in [6, 6.07) is 52.1. The van der Waals surface area contributed by atoms with Gasteiger partial charge in [-0.1, -0.05) is 109 Å². The van der Waals surface area contributed by atoms with Gasteiger partial charge in [-0.25, -0.2) is 15.0 Å². The van der Waals surface area contributed by atoms with Gasteiger partial charge in [0.15, 0.2) is 17.5 Å². The second-order valence-electron chi connectivity index (χ2n) is 11.5. The van der Waals surface area contributed by atoms with E-state index in [0.717, 1.165) is 61.2 Å². The molecule has 0 aliphatic rings. The van der Waals surface area contributed by atoms with Crippen LogP contribution in [0.25, 0.3) is 78.7 Å². The molecule has 48 heavy (non-hydrogen) atoms. The maximum Gasteiger partial charge on any atom is 0.164 e. The zero-order chi connectivity index (χ0) is 32.1. The number of nitrogens with zero attached hydrogens (tertiary/aromatic N) is 5. The fourth-order valence-electron chi connectivity index (χ4n) is 5.83. The van der Waals surface area contributed by atoms with Crippen LogP contribution in [0.4, 0.5) is 0 Å². The summed E-state index contributed by atoms with van der Waals surface area (Å²) in [4.78, 5) is 23.7. The van der Waals surface area contributed by atoms with Gasteiger partial charge in [-0.05, 0) is 87.0 Å². The Morgan fingerprint density at radius 1 is 0.229 bits per heavy atom. The third kappa shape index (κ3) is 6.13. The second-order valence-corrected chi connectivity index (χ2v) is 11.5. The van der Waals surface area contributed by atoms with E-state index in [0.29, 0.717) is 17.5 Å². The van der Waals surface area contributed by atoms with Gasteiger partial charge >= 0.3 is 0 Å². The van der Waals surface area contributed by atoms with Gasteiger partial charge in [-0.2, -0.15) is 0 Å². The van der Waals surface area contributed by atoms with Gasteiger partial charge in [0.25, 0.3) is 0 Å². The van der Waals surface area contributed by atoms with Gasteiger partial charge < -0.3 is 0 Å². The van der Waals surface area contributed by atoms with Crippen molar-refractivity contribution in [3.05, 3.63) is 176 Å². The molecule has 0 fully saturated rings. The Balaban J connectivity index is 1.28. The SMILES string of the molecule is c1ccc(-c2ccc(-c3nc(-c4ccc(-c5ccccc5)cc4)nc(-c4cc(-c5ccncc5)cc(-c5ccncc5)c4)n3)cc2)cc1. The fourth-order valence-corrected chi connectivity index (χ4v) is 5.83. The van der Waals surface area contributed by atoms with E-state index in [2.05, 4.69) is 125 Å². The molecule has 0 N–H and O–H groups in total. The summed E-state index contributed by atoms with van der Waals surface area (Å²) in [7, 11) is 0. The molecule has 5 heteroatoms. The van der Waals surface area contributed by atoms with Gasteiger partial charge in [0, 0.05) is 41.5 Å². The largest absolute Gasteiger partial charge is 0.265 e. The zero-order valence-corrected chi connectivity index (χ0v) is 26.0. The molecule has 0 atom stereocenters. The van der Waals surface area contributed by atoms with Crippen molar-refractivity contribution in [3.63, 3.8) is 0 Å². The van der Waals surface area contributed by atoms with Crippen LogP contribution in [0, 0.1) is 0 Å². The number of benzene rings is 5. The van der Waals surface area contributed by atoms with Crippen molar-refractivity contribution in [2.75, 3.05) is 0 Å². The average Bonchev–Trinajstić information content (AvgIpc) is 3.19. The van der Waals surface area contributed by atoms with Gasteiger partial charge in [-0.3, -0.25) is 9.97 Å². The Morgan fingerprint density at radius 3 is 0.917 bits per heavy atom. The van der Waals surface area contributed by atoms with Gasteiger partial charge in [0.05, 0.1) is 0 Å². The molecule has 0 saturated carbocycles. The van der Waals surface area contributed by atoms with E-state index in [9.17, 15) is 0 Å². The maximum atomic E-state index is 5.09. The Labute approximate surface area is 279 Å². The van der Waals surface area contributed by atoms with Crippen LogP contribution in [-0.2, 0) is 0 Å². The molecule has 0 unspecified atom stereocenters. The average molecular weight is 616 g/mol. The molecule has 5 aromatic carbocycles. The number of hydrogen-bond acceptors (Lipinski definition) is 5. The molecule has 0 aliphatic heterocycles. The number of aromatic nitrogens is 5. The molecule has 0 aliphatic carbocycles. The summed E-state index contributed by atoms with van der Waals surface area (Å²) in [6.45, 7) is 0. The summed E-state index contributed by atoms with van der Waals surface area (Å²) in [6.07, 6.45) is 7.24. The van der Waals surface area contributed by atoms with Crippen LogP contribution in [0.5, 0.6) is 0 Å². The van der Waals surface area contributed by atoms with Crippen molar-refractivity contribution < 1.29 is 0 Å². The molecule has 226 valence electrons. The van der Waals surface area contributed by atoms with Crippen molar-refractivity contribution in [1.82, 2.24) is 24.9 Å². The normalized spacial score (nSPS) is 10.9. The van der Waals surface area contributed by atoms with E-state index >= 15 is 0 Å². The lowest BCUT2D eigenvalue weighted by atomic mass is 9.96. The van der Waals surface area contributed by atoms with Crippen LogP contribution in [0.15, 0.2) is 176 Å². The first-order valence-corrected chi connectivity index (χ1v) is 15.8. The van der Waals surface area contributed by atoms with Crippen molar-refractivity contribution in [3.8, 4) is 78.7 Å². The van der Waals surface area contributed by atoms with E-state index in [1.807, 2.05) is 61.2 Å². The lowest BCUT2D eigenvalue weighted by Crippen LogP contribution is -2.00. The van der Waals surface area contributed by atoms with Crippen molar-refractivity contribution in [2.24, 2.45) is 0 Å². The summed E-state index contributed by atoms with van der Waals surface area (Å²) in [5.41, 5.74) is 11.5. The van der Waals surface area contributed by atoms with Crippen molar-refractivity contribution >= 4 is 0 Å². The van der Waals surface area contributed by atoms with Crippen molar-refractivity contribution in [1.29, 1.82) is 0 Å². The summed E-state index contributed by atoms with van der Waals surface area (Å²) in [5, 5.41) is 0. The highest BCUT2D eigenvalue weighted by Crippen LogP contribution is 2.34. The summed E-state index contributed by atoms with van der Waals surface area (Å²) >= 11 is 0. The molecule has 0 spiro atoms. The molecular weight excluding hydrogens is 587 g/mol. The third-order valence-electron chi connectivity index (χ3n) is 8.35. The van der Waals surface area contributed by atoms with Crippen LogP contribution >= 0.6 is 0 Å². The molecule has 0 saturated heterocycles. The first kappa shape index (κ1) is 28.9. The van der Waals surface area contributed by atoms with E-state index in [-0.39, 0.29) is 0 Å². The quantitative estimate of drug-likeness (QED) is 0.178. The van der Waals surface area contributed by atoms with Crippen LogP contribution in [-0.4, -0.2) is 24.9 Å². The van der Waals surface area contributed by atoms with Gasteiger partial charge in [-0.15, -0.1) is 0 Å². The minimum Gasteiger partial charge on any atom is -0.265 e. The molecule has 8 rings (SSSR count). The van der Waals surface area contributed by atoms with Crippen LogP contribution < -0.4 is 0 Å². The molecule has 8 aromatic rings. The molecule has 0 bridgehead atoms. The lowest BCUT2D eigenvalue weighted by molar-refractivity contribution is 1.07. The zero-order valence-electron chi connectivity index (χ0n) is 26.0. The smallest absolute Gasteiger partial charge is 0.164 e. The summed E-state index contributed by atoms with van der Waals surface area (Å²) < 4.78 is 0. The third-order valence-corrected chi connectivity index (χ3v) is 8.35. The highest BCUT2D eigenvalue weighted by atomic mass is 15.0. The first-order chi connectivity index (χ1) is 23.8. The summed E-state index contributed by atoms with van der Waals surface area (Å²) in [5.74, 6) is 1.82. The van der Waals surface area contributed by atoms with Gasteiger partial charge in [0.1, 0.15) is 0 Å². The maximum absolute atomic E-state index is 5.09. The highest BCUT2D eigenvalue weighted by Gasteiger charge is 2.15. The van der Waals surface area contributed by atoms with E-state index < -0.39 is 0 Å². The molecular formula is C43H29N5.